The van der Waals surface area contributed by atoms with Crippen LogP contribution in [0.3, 0.4) is 0 Å². The number of amides is 1. The van der Waals surface area contributed by atoms with Crippen LogP contribution in [0.4, 0.5) is 11.4 Å². The number of aromatic nitrogens is 1. The van der Waals surface area contributed by atoms with Gasteiger partial charge >= 0.3 is 0 Å². The quantitative estimate of drug-likeness (QED) is 0.799. The van der Waals surface area contributed by atoms with Crippen LogP contribution >= 0.6 is 15.9 Å². The van der Waals surface area contributed by atoms with E-state index in [1.807, 2.05) is 29.8 Å². The van der Waals surface area contributed by atoms with Crippen LogP contribution in [0.25, 0.3) is 0 Å². The molecule has 1 N–H and O–H groups in total. The number of nitrogens with zero attached hydrogens (tertiary/aromatic N) is 2. The molecular formula is C19H24BrN3O. The van der Waals surface area contributed by atoms with Gasteiger partial charge in [-0.15, -0.1) is 0 Å². The van der Waals surface area contributed by atoms with Crippen molar-refractivity contribution in [2.24, 2.45) is 0 Å². The molecular weight excluding hydrogens is 366 g/mol. The molecule has 3 rings (SSSR count). The molecule has 0 spiro atoms. The summed E-state index contributed by atoms with van der Waals surface area (Å²) in [4.78, 5) is 15.1. The van der Waals surface area contributed by atoms with Gasteiger partial charge in [0.15, 0.2) is 0 Å². The largest absolute Gasteiger partial charge is 0.372 e. The summed E-state index contributed by atoms with van der Waals surface area (Å²) in [5.74, 6) is -0.0774. The van der Waals surface area contributed by atoms with Gasteiger partial charge in [-0.2, -0.15) is 0 Å². The number of halogens is 1. The summed E-state index contributed by atoms with van der Waals surface area (Å²) in [7, 11) is 0. The Morgan fingerprint density at radius 3 is 2.54 bits per heavy atom. The number of carbonyl (C=O) groups is 1. The molecule has 4 nitrogen and oxygen atoms in total. The van der Waals surface area contributed by atoms with Gasteiger partial charge < -0.3 is 14.8 Å². The minimum Gasteiger partial charge on any atom is -0.372 e. The second-order valence-electron chi connectivity index (χ2n) is 6.69. The monoisotopic (exact) mass is 389 g/mol. The number of nitrogens with one attached hydrogen (secondary N) is 1. The molecule has 0 saturated carbocycles. The molecule has 0 bridgehead atoms. The highest BCUT2D eigenvalue weighted by Gasteiger charge is 2.17. The Morgan fingerprint density at radius 1 is 1.21 bits per heavy atom. The number of anilines is 2. The molecule has 1 aliphatic heterocycles. The Kier molecular flexibility index (Phi) is 4.99. The zero-order valence-corrected chi connectivity index (χ0v) is 16.1. The van der Waals surface area contributed by atoms with Gasteiger partial charge in [-0.1, -0.05) is 0 Å². The zero-order valence-electron chi connectivity index (χ0n) is 14.5. The van der Waals surface area contributed by atoms with E-state index >= 15 is 0 Å². The van der Waals surface area contributed by atoms with E-state index in [-0.39, 0.29) is 11.9 Å². The lowest BCUT2D eigenvalue weighted by Crippen LogP contribution is -2.19. The summed E-state index contributed by atoms with van der Waals surface area (Å²) in [6.45, 7) is 8.44. The van der Waals surface area contributed by atoms with Crippen molar-refractivity contribution >= 4 is 33.2 Å². The van der Waals surface area contributed by atoms with Crippen molar-refractivity contribution in [3.05, 3.63) is 46.2 Å². The summed E-state index contributed by atoms with van der Waals surface area (Å²) in [6, 6.07) is 8.38. The highest BCUT2D eigenvalue weighted by molar-refractivity contribution is 9.10. The van der Waals surface area contributed by atoms with E-state index in [4.69, 9.17) is 0 Å². The summed E-state index contributed by atoms with van der Waals surface area (Å²) >= 11 is 3.46. The molecule has 1 aliphatic rings. The van der Waals surface area contributed by atoms with E-state index in [0.29, 0.717) is 5.69 Å². The van der Waals surface area contributed by atoms with Gasteiger partial charge in [0.05, 0.1) is 0 Å². The van der Waals surface area contributed by atoms with E-state index in [9.17, 15) is 4.79 Å². The second-order valence-corrected chi connectivity index (χ2v) is 7.61. The number of aryl methyl sites for hydroxylation is 1. The van der Waals surface area contributed by atoms with E-state index < -0.39 is 0 Å². The van der Waals surface area contributed by atoms with Crippen LogP contribution < -0.4 is 10.2 Å². The lowest BCUT2D eigenvalue weighted by Gasteiger charge is -2.19. The molecule has 0 aliphatic carbocycles. The number of carbonyl (C=O) groups excluding carboxylic acids is 1. The maximum atomic E-state index is 12.7. The van der Waals surface area contributed by atoms with E-state index in [2.05, 4.69) is 52.1 Å². The van der Waals surface area contributed by atoms with Crippen LogP contribution in [-0.2, 0) is 0 Å². The molecule has 24 heavy (non-hydrogen) atoms. The van der Waals surface area contributed by atoms with E-state index in [1.165, 1.54) is 18.5 Å². The lowest BCUT2D eigenvalue weighted by molar-refractivity contribution is 0.101. The molecule has 1 aromatic carbocycles. The Balaban J connectivity index is 1.79. The molecule has 1 saturated heterocycles. The Labute approximate surface area is 152 Å². The first-order valence-electron chi connectivity index (χ1n) is 8.50. The SMILES string of the molecule is Cc1cc(N2CCCC2)ccc1NC(=O)c1cc(Br)cn1C(C)C. The molecule has 1 amide bonds. The average Bonchev–Trinajstić information content (AvgIpc) is 3.18. The van der Waals surface area contributed by atoms with Crippen LogP contribution in [0.2, 0.25) is 0 Å². The molecule has 0 atom stereocenters. The number of hydrogen-bond acceptors (Lipinski definition) is 2. The van der Waals surface area contributed by atoms with Gasteiger partial charge in [-0.25, -0.2) is 0 Å². The zero-order chi connectivity index (χ0) is 17.3. The Hall–Kier alpha value is -1.75. The Bertz CT molecular complexity index is 745. The fourth-order valence-corrected chi connectivity index (χ4v) is 3.64. The van der Waals surface area contributed by atoms with Gasteiger partial charge in [-0.3, -0.25) is 4.79 Å². The summed E-state index contributed by atoms with van der Waals surface area (Å²) in [6.07, 6.45) is 4.47. The first-order valence-corrected chi connectivity index (χ1v) is 9.29. The van der Waals surface area contributed by atoms with Gasteiger partial charge in [-0.05, 0) is 79.4 Å². The number of rotatable bonds is 4. The van der Waals surface area contributed by atoms with Crippen molar-refractivity contribution in [3.63, 3.8) is 0 Å². The maximum Gasteiger partial charge on any atom is 0.272 e. The predicted molar refractivity (Wildman–Crippen MR) is 103 cm³/mol. The van der Waals surface area contributed by atoms with Gasteiger partial charge in [0.1, 0.15) is 5.69 Å². The first-order chi connectivity index (χ1) is 11.5. The fraction of sp³-hybridized carbons (Fsp3) is 0.421. The van der Waals surface area contributed by atoms with Crippen LogP contribution in [0.5, 0.6) is 0 Å². The topological polar surface area (TPSA) is 37.3 Å². The van der Waals surface area contributed by atoms with Crippen molar-refractivity contribution < 1.29 is 4.79 Å². The second kappa shape index (κ2) is 7.01. The smallest absolute Gasteiger partial charge is 0.272 e. The van der Waals surface area contributed by atoms with Gasteiger partial charge in [0.25, 0.3) is 5.91 Å². The van der Waals surface area contributed by atoms with Crippen molar-refractivity contribution in [2.45, 2.75) is 39.7 Å². The molecule has 0 radical (unpaired) electrons. The number of benzene rings is 1. The van der Waals surface area contributed by atoms with Gasteiger partial charge in [0.2, 0.25) is 0 Å². The standard InChI is InChI=1S/C19H24BrN3O/c1-13(2)23-12-15(20)11-18(23)19(24)21-17-7-6-16(10-14(17)3)22-8-4-5-9-22/h6-7,10-13H,4-5,8-9H2,1-3H3,(H,21,24). The minimum atomic E-state index is -0.0774. The molecule has 2 aromatic rings. The van der Waals surface area contributed by atoms with E-state index in [0.717, 1.165) is 28.8 Å². The van der Waals surface area contributed by atoms with Crippen LogP contribution in [-0.4, -0.2) is 23.6 Å². The van der Waals surface area contributed by atoms with Gasteiger partial charge in [0, 0.05) is 41.2 Å². The summed E-state index contributed by atoms with van der Waals surface area (Å²) < 4.78 is 2.90. The molecule has 1 fully saturated rings. The third-order valence-corrected chi connectivity index (χ3v) is 4.97. The summed E-state index contributed by atoms with van der Waals surface area (Å²) in [5, 5.41) is 3.05. The third-order valence-electron chi connectivity index (χ3n) is 4.53. The highest BCUT2D eigenvalue weighted by Crippen LogP contribution is 2.26. The van der Waals surface area contributed by atoms with Crippen molar-refractivity contribution in [1.29, 1.82) is 0 Å². The van der Waals surface area contributed by atoms with Crippen LogP contribution in [0, 0.1) is 6.92 Å². The van der Waals surface area contributed by atoms with Crippen molar-refractivity contribution in [2.75, 3.05) is 23.3 Å². The maximum absolute atomic E-state index is 12.7. The first kappa shape index (κ1) is 17.1. The third kappa shape index (κ3) is 3.51. The Morgan fingerprint density at radius 2 is 1.92 bits per heavy atom. The normalized spacial score (nSPS) is 14.5. The number of hydrogen-bond donors (Lipinski definition) is 1. The van der Waals surface area contributed by atoms with Crippen molar-refractivity contribution in [1.82, 2.24) is 4.57 Å². The lowest BCUT2D eigenvalue weighted by atomic mass is 10.1. The molecule has 1 aromatic heterocycles. The minimum absolute atomic E-state index is 0.0774. The highest BCUT2D eigenvalue weighted by atomic mass is 79.9. The van der Waals surface area contributed by atoms with E-state index in [1.54, 1.807) is 0 Å². The predicted octanol–water partition coefficient (Wildman–Crippen LogP) is 4.99. The summed E-state index contributed by atoms with van der Waals surface area (Å²) in [5.41, 5.74) is 3.88. The van der Waals surface area contributed by atoms with Crippen molar-refractivity contribution in [3.8, 4) is 0 Å². The molecule has 0 unspecified atom stereocenters. The molecule has 2 heterocycles. The molecule has 5 heteroatoms. The van der Waals surface area contributed by atoms with Crippen LogP contribution in [0.1, 0.15) is 48.8 Å². The van der Waals surface area contributed by atoms with Crippen LogP contribution in [0.15, 0.2) is 34.9 Å². The fourth-order valence-electron chi connectivity index (χ4n) is 3.20. The average molecular weight is 390 g/mol. The molecule has 128 valence electrons.